The van der Waals surface area contributed by atoms with Crippen LogP contribution in [0.4, 0.5) is 0 Å². The first-order chi connectivity index (χ1) is 10.6. The van der Waals surface area contributed by atoms with Crippen molar-refractivity contribution in [1.29, 1.82) is 0 Å². The maximum Gasteiger partial charge on any atom is 0.337 e. The Labute approximate surface area is 130 Å². The first kappa shape index (κ1) is 16.6. The van der Waals surface area contributed by atoms with Crippen LogP contribution in [0.15, 0.2) is 54.6 Å². The first-order valence-electron chi connectivity index (χ1n) is 6.93. The number of Topliss-reactive ketones (excluding diaryl/α,β-unsaturated/α-hetero) is 1. The molecule has 0 unspecified atom stereocenters. The van der Waals surface area contributed by atoms with Gasteiger partial charge in [0.1, 0.15) is 6.16 Å². The lowest BCUT2D eigenvalue weighted by atomic mass is 10.0. The van der Waals surface area contributed by atoms with Crippen LogP contribution in [0.25, 0.3) is 0 Å². The van der Waals surface area contributed by atoms with E-state index >= 15 is 0 Å². The first-order valence-corrected chi connectivity index (χ1v) is 8.66. The van der Waals surface area contributed by atoms with E-state index in [1.165, 1.54) is 19.8 Å². The molecule has 2 aromatic carbocycles. The zero-order chi connectivity index (χ0) is 16.0. The van der Waals surface area contributed by atoms with Crippen molar-refractivity contribution in [3.8, 4) is 0 Å². The molecule has 0 spiro atoms. The monoisotopic (exact) mass is 318 g/mol. The predicted octanol–water partition coefficient (Wildman–Crippen LogP) is 3.95. The third-order valence-electron chi connectivity index (χ3n) is 3.39. The number of carbonyl (C=O) groups is 1. The number of hydrogen-bond acceptors (Lipinski definition) is 4. The Morgan fingerprint density at radius 1 is 0.955 bits per heavy atom. The van der Waals surface area contributed by atoms with Crippen LogP contribution in [0.5, 0.6) is 0 Å². The minimum atomic E-state index is -3.33. The second-order valence-electron chi connectivity index (χ2n) is 4.92. The Hall–Kier alpha value is -1.74. The van der Waals surface area contributed by atoms with Gasteiger partial charge in [0.2, 0.25) is 0 Å². The van der Waals surface area contributed by atoms with E-state index in [0.29, 0.717) is 5.56 Å². The molecule has 0 fully saturated rings. The maximum absolute atomic E-state index is 12.3. The largest absolute Gasteiger partial charge is 0.337 e. The normalized spacial score (nSPS) is 11.4. The van der Waals surface area contributed by atoms with E-state index in [-0.39, 0.29) is 11.9 Å². The number of ketones is 1. The number of carbonyl (C=O) groups excluding carboxylic acids is 1. The van der Waals surface area contributed by atoms with E-state index in [1.807, 2.05) is 48.5 Å². The summed E-state index contributed by atoms with van der Waals surface area (Å²) in [6, 6.07) is 17.4. The summed E-state index contributed by atoms with van der Waals surface area (Å²) in [4.78, 5) is 12.3. The third-order valence-corrected chi connectivity index (χ3v) is 5.18. The molecule has 0 atom stereocenters. The molecular formula is C17H19O4P. The standard InChI is InChI=1S/C17H19O4P/c1-20-22(19,21-2)13-17(18)16-10-6-9-15(12-16)11-14-7-4-3-5-8-14/h3-10,12H,11,13H2,1-2H3. The third kappa shape index (κ3) is 4.38. The summed E-state index contributed by atoms with van der Waals surface area (Å²) in [7, 11) is -0.772. The Morgan fingerprint density at radius 2 is 1.59 bits per heavy atom. The molecule has 22 heavy (non-hydrogen) atoms. The van der Waals surface area contributed by atoms with Crippen molar-refractivity contribution in [1.82, 2.24) is 0 Å². The molecule has 4 nitrogen and oxygen atoms in total. The van der Waals surface area contributed by atoms with Gasteiger partial charge in [-0.05, 0) is 23.6 Å². The molecule has 0 N–H and O–H groups in total. The van der Waals surface area contributed by atoms with Gasteiger partial charge in [0.15, 0.2) is 5.78 Å². The zero-order valence-electron chi connectivity index (χ0n) is 12.7. The van der Waals surface area contributed by atoms with Gasteiger partial charge in [-0.15, -0.1) is 0 Å². The summed E-state index contributed by atoms with van der Waals surface area (Å²) < 4.78 is 21.7. The van der Waals surface area contributed by atoms with Gasteiger partial charge in [-0.3, -0.25) is 9.36 Å². The van der Waals surface area contributed by atoms with Crippen LogP contribution in [0.3, 0.4) is 0 Å². The van der Waals surface area contributed by atoms with Crippen LogP contribution in [0.2, 0.25) is 0 Å². The van der Waals surface area contributed by atoms with Crippen molar-refractivity contribution in [3.05, 3.63) is 71.3 Å². The number of hydrogen-bond donors (Lipinski definition) is 0. The van der Waals surface area contributed by atoms with E-state index in [4.69, 9.17) is 9.05 Å². The van der Waals surface area contributed by atoms with Gasteiger partial charge in [0.05, 0.1) is 0 Å². The van der Waals surface area contributed by atoms with Crippen molar-refractivity contribution in [2.45, 2.75) is 6.42 Å². The molecule has 0 aliphatic carbocycles. The van der Waals surface area contributed by atoms with Crippen LogP contribution in [0.1, 0.15) is 21.5 Å². The molecule has 0 aliphatic rings. The van der Waals surface area contributed by atoms with Gasteiger partial charge in [0.25, 0.3) is 0 Å². The highest BCUT2D eigenvalue weighted by Gasteiger charge is 2.26. The lowest BCUT2D eigenvalue weighted by Crippen LogP contribution is -2.08. The molecule has 0 bridgehead atoms. The average Bonchev–Trinajstić information content (AvgIpc) is 2.56. The van der Waals surface area contributed by atoms with E-state index in [2.05, 4.69) is 0 Å². The molecule has 0 radical (unpaired) electrons. The van der Waals surface area contributed by atoms with Crippen LogP contribution in [0, 0.1) is 0 Å². The molecule has 116 valence electrons. The summed E-state index contributed by atoms with van der Waals surface area (Å²) in [6.45, 7) is 0. The summed E-state index contributed by atoms with van der Waals surface area (Å²) >= 11 is 0. The van der Waals surface area contributed by atoms with Gasteiger partial charge >= 0.3 is 7.60 Å². The lowest BCUT2D eigenvalue weighted by molar-refractivity contribution is 0.101. The van der Waals surface area contributed by atoms with E-state index in [9.17, 15) is 9.36 Å². The molecule has 2 rings (SSSR count). The summed E-state index contributed by atoms with van der Waals surface area (Å²) in [5.41, 5.74) is 2.72. The second-order valence-corrected chi connectivity index (χ2v) is 7.19. The fourth-order valence-corrected chi connectivity index (χ4v) is 3.10. The Kier molecular flexibility index (Phi) is 5.67. The highest BCUT2D eigenvalue weighted by Crippen LogP contribution is 2.46. The fraction of sp³-hybridized carbons (Fsp3) is 0.235. The molecule has 0 aliphatic heterocycles. The average molecular weight is 318 g/mol. The van der Waals surface area contributed by atoms with Gasteiger partial charge < -0.3 is 9.05 Å². The highest BCUT2D eigenvalue weighted by atomic mass is 31.2. The molecule has 0 amide bonds. The van der Waals surface area contributed by atoms with Crippen LogP contribution in [-0.4, -0.2) is 26.2 Å². The summed E-state index contributed by atoms with van der Waals surface area (Å²) in [5, 5.41) is 0. The van der Waals surface area contributed by atoms with E-state index in [1.54, 1.807) is 6.07 Å². The predicted molar refractivity (Wildman–Crippen MR) is 86.5 cm³/mol. The van der Waals surface area contributed by atoms with Crippen LogP contribution >= 0.6 is 7.60 Å². The molecule has 2 aromatic rings. The minimum Gasteiger partial charge on any atom is -0.312 e. The van der Waals surface area contributed by atoms with Gasteiger partial charge in [-0.2, -0.15) is 0 Å². The van der Waals surface area contributed by atoms with Gasteiger partial charge in [0, 0.05) is 19.8 Å². The number of rotatable bonds is 7. The van der Waals surface area contributed by atoms with Crippen molar-refractivity contribution in [2.24, 2.45) is 0 Å². The van der Waals surface area contributed by atoms with Crippen molar-refractivity contribution in [3.63, 3.8) is 0 Å². The zero-order valence-corrected chi connectivity index (χ0v) is 13.6. The summed E-state index contributed by atoms with van der Waals surface area (Å²) in [5.74, 6) is -0.248. The minimum absolute atomic E-state index is 0.248. The van der Waals surface area contributed by atoms with Crippen molar-refractivity contribution >= 4 is 13.4 Å². The molecule has 0 heterocycles. The molecule has 0 saturated heterocycles. The summed E-state index contributed by atoms with van der Waals surface area (Å²) in [6.07, 6.45) is 0.489. The topological polar surface area (TPSA) is 52.6 Å². The highest BCUT2D eigenvalue weighted by molar-refractivity contribution is 7.54. The molecule has 0 aromatic heterocycles. The van der Waals surface area contributed by atoms with Gasteiger partial charge in [-0.25, -0.2) is 0 Å². The Morgan fingerprint density at radius 3 is 2.23 bits per heavy atom. The van der Waals surface area contributed by atoms with Crippen molar-refractivity contribution < 1.29 is 18.4 Å². The van der Waals surface area contributed by atoms with E-state index < -0.39 is 7.60 Å². The van der Waals surface area contributed by atoms with Gasteiger partial charge in [-0.1, -0.05) is 48.5 Å². The smallest absolute Gasteiger partial charge is 0.312 e. The van der Waals surface area contributed by atoms with Crippen LogP contribution in [-0.2, 0) is 20.0 Å². The second kappa shape index (κ2) is 7.50. The number of benzene rings is 2. The molecule has 0 saturated carbocycles. The fourth-order valence-electron chi connectivity index (χ4n) is 2.16. The molecular weight excluding hydrogens is 299 g/mol. The quantitative estimate of drug-likeness (QED) is 0.573. The van der Waals surface area contributed by atoms with Crippen LogP contribution < -0.4 is 0 Å². The van der Waals surface area contributed by atoms with Crippen molar-refractivity contribution in [2.75, 3.05) is 20.4 Å². The SMILES string of the molecule is COP(=O)(CC(=O)c1cccc(Cc2ccccc2)c1)OC. The lowest BCUT2D eigenvalue weighted by Gasteiger charge is -2.12. The molecule has 5 heteroatoms. The Balaban J connectivity index is 2.14. The Bertz CT molecular complexity index is 674. The van der Waals surface area contributed by atoms with E-state index in [0.717, 1.165) is 12.0 Å². The maximum atomic E-state index is 12.3.